The molecule has 3 aromatic rings. The number of fused-ring (bicyclic) bond motifs is 2. The summed E-state index contributed by atoms with van der Waals surface area (Å²) in [6.45, 7) is 4.43. The Morgan fingerprint density at radius 1 is 0.839 bits per heavy atom. The van der Waals surface area contributed by atoms with Crippen molar-refractivity contribution in [2.45, 2.75) is 26.7 Å². The predicted octanol–water partition coefficient (Wildman–Crippen LogP) is 4.70. The SMILES string of the molecule is Cc1ccc(C)c(N2C(=O)c3ccc(C(=O)N4CCCc5ccccc54)cc3C2=O)c1. The molecular formula is C26H22N2O3. The molecule has 2 heterocycles. The number of aryl methyl sites for hydroxylation is 3. The van der Waals surface area contributed by atoms with Crippen LogP contribution in [0.4, 0.5) is 11.4 Å². The third-order valence-corrected chi connectivity index (χ3v) is 6.09. The van der Waals surface area contributed by atoms with Crippen LogP contribution in [0.2, 0.25) is 0 Å². The lowest BCUT2D eigenvalue weighted by atomic mass is 9.99. The largest absolute Gasteiger partial charge is 0.308 e. The normalized spacial score (nSPS) is 15.2. The van der Waals surface area contributed by atoms with Crippen LogP contribution < -0.4 is 9.80 Å². The van der Waals surface area contributed by atoms with Crippen molar-refractivity contribution in [3.05, 3.63) is 94.0 Å². The zero-order valence-corrected chi connectivity index (χ0v) is 17.5. The minimum Gasteiger partial charge on any atom is -0.308 e. The number of rotatable bonds is 2. The number of hydrogen-bond donors (Lipinski definition) is 0. The van der Waals surface area contributed by atoms with Gasteiger partial charge in [-0.3, -0.25) is 14.4 Å². The molecule has 0 spiro atoms. The number of hydrogen-bond acceptors (Lipinski definition) is 3. The number of amides is 3. The minimum atomic E-state index is -0.387. The Labute approximate surface area is 180 Å². The van der Waals surface area contributed by atoms with Crippen molar-refractivity contribution in [3.8, 4) is 0 Å². The minimum absolute atomic E-state index is 0.152. The van der Waals surface area contributed by atoms with Gasteiger partial charge in [0.25, 0.3) is 17.7 Å². The van der Waals surface area contributed by atoms with Crippen molar-refractivity contribution in [3.63, 3.8) is 0 Å². The second kappa shape index (κ2) is 7.20. The molecule has 3 amide bonds. The van der Waals surface area contributed by atoms with Crippen molar-refractivity contribution in [1.29, 1.82) is 0 Å². The fourth-order valence-corrected chi connectivity index (χ4v) is 4.45. The highest BCUT2D eigenvalue weighted by Crippen LogP contribution is 2.33. The molecule has 0 saturated carbocycles. The van der Waals surface area contributed by atoms with Crippen LogP contribution in [0.3, 0.4) is 0 Å². The summed E-state index contributed by atoms with van der Waals surface area (Å²) in [4.78, 5) is 42.5. The molecule has 0 saturated heterocycles. The van der Waals surface area contributed by atoms with Gasteiger partial charge in [0.2, 0.25) is 0 Å². The van der Waals surface area contributed by atoms with Crippen LogP contribution in [0.15, 0.2) is 60.7 Å². The quantitative estimate of drug-likeness (QED) is 0.576. The van der Waals surface area contributed by atoms with Crippen molar-refractivity contribution < 1.29 is 14.4 Å². The summed E-state index contributed by atoms with van der Waals surface area (Å²) in [6.07, 6.45) is 1.84. The summed E-state index contributed by atoms with van der Waals surface area (Å²) in [7, 11) is 0. The average Bonchev–Trinajstić information content (AvgIpc) is 3.04. The smallest absolute Gasteiger partial charge is 0.266 e. The maximum atomic E-state index is 13.3. The Morgan fingerprint density at radius 3 is 2.45 bits per heavy atom. The number of imide groups is 1. The molecule has 2 aliphatic heterocycles. The van der Waals surface area contributed by atoms with Gasteiger partial charge in [-0.25, -0.2) is 4.90 Å². The van der Waals surface area contributed by atoms with Crippen LogP contribution in [0.1, 0.15) is 54.2 Å². The maximum Gasteiger partial charge on any atom is 0.266 e. The summed E-state index contributed by atoms with van der Waals surface area (Å²) in [5, 5.41) is 0. The van der Waals surface area contributed by atoms with E-state index in [9.17, 15) is 14.4 Å². The van der Waals surface area contributed by atoms with E-state index in [1.807, 2.05) is 56.3 Å². The van der Waals surface area contributed by atoms with Crippen molar-refractivity contribution in [2.24, 2.45) is 0 Å². The van der Waals surface area contributed by atoms with Crippen molar-refractivity contribution >= 4 is 29.1 Å². The molecule has 5 nitrogen and oxygen atoms in total. The highest BCUT2D eigenvalue weighted by Gasteiger charge is 2.38. The first-order valence-corrected chi connectivity index (χ1v) is 10.5. The van der Waals surface area contributed by atoms with E-state index in [2.05, 4.69) is 0 Å². The molecular weight excluding hydrogens is 388 g/mol. The van der Waals surface area contributed by atoms with Gasteiger partial charge >= 0.3 is 0 Å². The van der Waals surface area contributed by atoms with Gasteiger partial charge in [-0.1, -0.05) is 30.3 Å². The second-order valence-electron chi connectivity index (χ2n) is 8.19. The summed E-state index contributed by atoms with van der Waals surface area (Å²) < 4.78 is 0. The molecule has 0 atom stereocenters. The molecule has 0 fully saturated rings. The second-order valence-corrected chi connectivity index (χ2v) is 8.19. The molecule has 0 N–H and O–H groups in total. The third-order valence-electron chi connectivity index (χ3n) is 6.09. The summed E-state index contributed by atoms with van der Waals surface area (Å²) >= 11 is 0. The highest BCUT2D eigenvalue weighted by molar-refractivity contribution is 6.35. The lowest BCUT2D eigenvalue weighted by Gasteiger charge is -2.29. The van der Waals surface area contributed by atoms with E-state index >= 15 is 0 Å². The zero-order chi connectivity index (χ0) is 21.7. The van der Waals surface area contributed by atoms with Gasteiger partial charge in [0.05, 0.1) is 16.8 Å². The fourth-order valence-electron chi connectivity index (χ4n) is 4.45. The zero-order valence-electron chi connectivity index (χ0n) is 17.5. The molecule has 2 aliphatic rings. The van der Waals surface area contributed by atoms with Crippen LogP contribution in [0.5, 0.6) is 0 Å². The Bertz CT molecular complexity index is 1260. The van der Waals surface area contributed by atoms with Crippen LogP contribution in [-0.4, -0.2) is 24.3 Å². The number of nitrogens with zero attached hydrogens (tertiary/aromatic N) is 2. The highest BCUT2D eigenvalue weighted by atomic mass is 16.2. The first-order valence-electron chi connectivity index (χ1n) is 10.5. The van der Waals surface area contributed by atoms with Crippen LogP contribution in [0, 0.1) is 13.8 Å². The molecule has 0 unspecified atom stereocenters. The summed E-state index contributed by atoms with van der Waals surface area (Å²) in [6, 6.07) is 18.4. The van der Waals surface area contributed by atoms with Gasteiger partial charge < -0.3 is 4.90 Å². The van der Waals surface area contributed by atoms with E-state index in [0.717, 1.165) is 35.2 Å². The van der Waals surface area contributed by atoms with Crippen LogP contribution >= 0.6 is 0 Å². The van der Waals surface area contributed by atoms with E-state index in [-0.39, 0.29) is 23.3 Å². The van der Waals surface area contributed by atoms with E-state index in [4.69, 9.17) is 0 Å². The molecule has 5 heteroatoms. The first kappa shape index (κ1) is 19.2. The van der Waals surface area contributed by atoms with Crippen molar-refractivity contribution in [2.75, 3.05) is 16.3 Å². The number of para-hydroxylation sites is 1. The lowest BCUT2D eigenvalue weighted by molar-refractivity contribution is 0.0924. The van der Waals surface area contributed by atoms with Crippen LogP contribution in [0.25, 0.3) is 0 Å². The number of anilines is 2. The Morgan fingerprint density at radius 2 is 1.61 bits per heavy atom. The molecule has 31 heavy (non-hydrogen) atoms. The Hall–Kier alpha value is -3.73. The molecule has 5 rings (SSSR count). The van der Waals surface area contributed by atoms with Crippen LogP contribution in [-0.2, 0) is 6.42 Å². The molecule has 0 radical (unpaired) electrons. The summed E-state index contributed by atoms with van der Waals surface area (Å²) in [5.41, 5.74) is 5.50. The topological polar surface area (TPSA) is 57.7 Å². The first-order chi connectivity index (χ1) is 15.0. The fraction of sp³-hybridized carbons (Fsp3) is 0.192. The number of carbonyl (C=O) groups is 3. The number of benzene rings is 3. The van der Waals surface area contributed by atoms with E-state index in [1.165, 1.54) is 4.90 Å². The average molecular weight is 410 g/mol. The van der Waals surface area contributed by atoms with E-state index in [0.29, 0.717) is 23.4 Å². The maximum absolute atomic E-state index is 13.3. The Kier molecular flexibility index (Phi) is 4.47. The third kappa shape index (κ3) is 3.05. The molecule has 0 aromatic heterocycles. The van der Waals surface area contributed by atoms with E-state index in [1.54, 1.807) is 23.1 Å². The summed E-state index contributed by atoms with van der Waals surface area (Å²) in [5.74, 6) is -0.890. The Balaban J connectivity index is 1.52. The van der Waals surface area contributed by atoms with Gasteiger partial charge in [-0.2, -0.15) is 0 Å². The van der Waals surface area contributed by atoms with Gasteiger partial charge in [-0.05, 0) is 73.7 Å². The lowest BCUT2D eigenvalue weighted by Crippen LogP contribution is -2.35. The predicted molar refractivity (Wildman–Crippen MR) is 120 cm³/mol. The van der Waals surface area contributed by atoms with Crippen molar-refractivity contribution in [1.82, 2.24) is 0 Å². The number of carbonyl (C=O) groups excluding carboxylic acids is 3. The standard InChI is InChI=1S/C26H22N2O3/c1-16-9-10-17(2)23(14-16)28-25(30)20-12-11-19(15-21(20)26(28)31)24(29)27-13-5-7-18-6-3-4-8-22(18)27/h3-4,6,8-12,14-15H,5,7,13H2,1-2H3. The van der Waals surface area contributed by atoms with Gasteiger partial charge in [0.1, 0.15) is 0 Å². The monoisotopic (exact) mass is 410 g/mol. The van der Waals surface area contributed by atoms with E-state index < -0.39 is 0 Å². The molecule has 0 aliphatic carbocycles. The van der Waals surface area contributed by atoms with Gasteiger partial charge in [0, 0.05) is 17.8 Å². The molecule has 3 aromatic carbocycles. The van der Waals surface area contributed by atoms with Gasteiger partial charge in [0.15, 0.2) is 0 Å². The molecule has 154 valence electrons. The molecule has 0 bridgehead atoms. The van der Waals surface area contributed by atoms with Gasteiger partial charge in [-0.15, -0.1) is 0 Å².